The third-order valence-electron chi connectivity index (χ3n) is 4.49. The van der Waals surface area contributed by atoms with Crippen molar-refractivity contribution in [3.63, 3.8) is 0 Å². The minimum absolute atomic E-state index is 0.230. The van der Waals surface area contributed by atoms with Gasteiger partial charge in [0.25, 0.3) is 0 Å². The zero-order valence-electron chi connectivity index (χ0n) is 12.2. The van der Waals surface area contributed by atoms with Crippen LogP contribution in [0, 0.1) is 0 Å². The molecule has 2 aromatic carbocycles. The number of fused-ring (bicyclic) bond motifs is 3. The smallest absolute Gasteiger partial charge is 0.0755 e. The fraction of sp³-hybridized carbons (Fsp3) is 0.222. The molecule has 22 heavy (non-hydrogen) atoms. The molecular formula is C18H16BrClN2. The van der Waals surface area contributed by atoms with Crippen LogP contribution in [0.15, 0.2) is 46.9 Å². The van der Waals surface area contributed by atoms with Crippen LogP contribution in [0.2, 0.25) is 5.02 Å². The van der Waals surface area contributed by atoms with E-state index in [9.17, 15) is 0 Å². The van der Waals surface area contributed by atoms with E-state index in [4.69, 9.17) is 11.6 Å². The molecule has 1 aliphatic heterocycles. The summed E-state index contributed by atoms with van der Waals surface area (Å²) in [6, 6.07) is 14.9. The van der Waals surface area contributed by atoms with Crippen molar-refractivity contribution in [2.45, 2.75) is 12.5 Å². The number of H-pyrrole nitrogens is 1. The van der Waals surface area contributed by atoms with Crippen molar-refractivity contribution in [3.05, 3.63) is 68.8 Å². The van der Waals surface area contributed by atoms with E-state index in [2.05, 4.69) is 63.2 Å². The fourth-order valence-corrected chi connectivity index (χ4v) is 4.04. The highest BCUT2D eigenvalue weighted by atomic mass is 79.9. The molecule has 2 nitrogen and oxygen atoms in total. The lowest BCUT2D eigenvalue weighted by atomic mass is 9.93. The fourth-order valence-electron chi connectivity index (χ4n) is 3.48. The highest BCUT2D eigenvalue weighted by Crippen LogP contribution is 2.38. The van der Waals surface area contributed by atoms with Crippen molar-refractivity contribution in [1.82, 2.24) is 9.88 Å². The maximum Gasteiger partial charge on any atom is 0.0755 e. The first-order chi connectivity index (χ1) is 10.6. The molecule has 1 N–H and O–H groups in total. The number of nitrogens with zero attached hydrogens (tertiary/aromatic N) is 1. The van der Waals surface area contributed by atoms with Gasteiger partial charge < -0.3 is 4.98 Å². The summed E-state index contributed by atoms with van der Waals surface area (Å²) in [6.45, 7) is 1.05. The Bertz CT molecular complexity index is 855. The summed E-state index contributed by atoms with van der Waals surface area (Å²) in [7, 11) is 2.18. The van der Waals surface area contributed by atoms with E-state index < -0.39 is 0 Å². The highest BCUT2D eigenvalue weighted by Gasteiger charge is 2.29. The summed E-state index contributed by atoms with van der Waals surface area (Å²) >= 11 is 9.79. The Morgan fingerprint density at radius 3 is 2.91 bits per heavy atom. The molecule has 0 spiro atoms. The number of nitrogens with one attached hydrogen (secondary N) is 1. The van der Waals surface area contributed by atoms with E-state index in [0.717, 1.165) is 22.5 Å². The highest BCUT2D eigenvalue weighted by molar-refractivity contribution is 9.10. The molecule has 1 atom stereocenters. The average Bonchev–Trinajstić information content (AvgIpc) is 2.84. The van der Waals surface area contributed by atoms with Crippen LogP contribution in [0.5, 0.6) is 0 Å². The Balaban J connectivity index is 1.93. The Kier molecular flexibility index (Phi) is 3.52. The molecule has 0 saturated heterocycles. The van der Waals surface area contributed by atoms with Crippen LogP contribution in [0.4, 0.5) is 0 Å². The average molecular weight is 376 g/mol. The van der Waals surface area contributed by atoms with Crippen LogP contribution in [0.25, 0.3) is 10.9 Å². The van der Waals surface area contributed by atoms with Gasteiger partial charge >= 0.3 is 0 Å². The second-order valence-electron chi connectivity index (χ2n) is 5.90. The van der Waals surface area contributed by atoms with Crippen LogP contribution >= 0.6 is 27.5 Å². The predicted molar refractivity (Wildman–Crippen MR) is 95.6 cm³/mol. The third-order valence-corrected chi connectivity index (χ3v) is 5.22. The first kappa shape index (κ1) is 14.3. The number of halogens is 2. The van der Waals surface area contributed by atoms with Crippen LogP contribution in [0.1, 0.15) is 22.9 Å². The molecule has 0 aliphatic carbocycles. The zero-order valence-corrected chi connectivity index (χ0v) is 14.6. The van der Waals surface area contributed by atoms with Crippen molar-refractivity contribution >= 4 is 38.4 Å². The Hall–Kier alpha value is -1.29. The molecule has 3 aromatic rings. The van der Waals surface area contributed by atoms with Crippen LogP contribution < -0.4 is 0 Å². The first-order valence-electron chi connectivity index (χ1n) is 7.39. The van der Waals surface area contributed by atoms with Crippen LogP contribution in [0.3, 0.4) is 0 Å². The molecule has 1 unspecified atom stereocenters. The summed E-state index contributed by atoms with van der Waals surface area (Å²) in [5, 5.41) is 2.11. The molecule has 112 valence electrons. The van der Waals surface area contributed by atoms with Gasteiger partial charge in [0.1, 0.15) is 0 Å². The predicted octanol–water partition coefficient (Wildman–Crippen LogP) is 5.16. The van der Waals surface area contributed by atoms with Gasteiger partial charge in [-0.1, -0.05) is 39.7 Å². The summed E-state index contributed by atoms with van der Waals surface area (Å²) < 4.78 is 1.13. The van der Waals surface area contributed by atoms with Gasteiger partial charge in [0.15, 0.2) is 0 Å². The summed E-state index contributed by atoms with van der Waals surface area (Å²) in [5.41, 5.74) is 5.17. The zero-order chi connectivity index (χ0) is 15.3. The lowest BCUT2D eigenvalue weighted by Crippen LogP contribution is -2.32. The molecular weight excluding hydrogens is 360 g/mol. The van der Waals surface area contributed by atoms with E-state index in [0.29, 0.717) is 0 Å². The van der Waals surface area contributed by atoms with Crippen LogP contribution in [-0.4, -0.2) is 23.5 Å². The number of hydrogen-bond acceptors (Lipinski definition) is 1. The lowest BCUT2D eigenvalue weighted by Gasteiger charge is -2.33. The molecule has 2 heterocycles. The summed E-state index contributed by atoms with van der Waals surface area (Å²) in [5.74, 6) is 0. The number of hydrogen-bond donors (Lipinski definition) is 1. The molecule has 0 amide bonds. The molecule has 1 aromatic heterocycles. The molecule has 0 bridgehead atoms. The number of rotatable bonds is 1. The molecule has 0 fully saturated rings. The minimum Gasteiger partial charge on any atom is -0.357 e. The number of benzene rings is 2. The van der Waals surface area contributed by atoms with E-state index >= 15 is 0 Å². The standard InChI is InChI=1S/C18H16BrClN2/c1-22-8-7-14-15-10-12(19)5-6-16(15)21-17(14)18(22)11-3-2-4-13(20)9-11/h2-6,9-10,18,21H,7-8H2,1H3. The Morgan fingerprint density at radius 1 is 1.23 bits per heavy atom. The van der Waals surface area contributed by atoms with Gasteiger partial charge in [0, 0.05) is 32.6 Å². The quantitative estimate of drug-likeness (QED) is 0.622. The second kappa shape index (κ2) is 5.41. The van der Waals surface area contributed by atoms with Gasteiger partial charge in [-0.25, -0.2) is 0 Å². The van der Waals surface area contributed by atoms with E-state index in [1.165, 1.54) is 27.7 Å². The van der Waals surface area contributed by atoms with Crippen molar-refractivity contribution in [2.75, 3.05) is 13.6 Å². The van der Waals surface area contributed by atoms with Gasteiger partial charge in [-0.3, -0.25) is 4.90 Å². The first-order valence-corrected chi connectivity index (χ1v) is 8.56. The SMILES string of the molecule is CN1CCc2c([nH]c3ccc(Br)cc23)C1c1cccc(Cl)c1. The van der Waals surface area contributed by atoms with Gasteiger partial charge in [0.05, 0.1) is 6.04 Å². The number of likely N-dealkylation sites (N-methyl/N-ethyl adjacent to an activating group) is 1. The number of aromatic nitrogens is 1. The minimum atomic E-state index is 0.230. The van der Waals surface area contributed by atoms with Gasteiger partial charge in [-0.15, -0.1) is 0 Å². The van der Waals surface area contributed by atoms with Crippen molar-refractivity contribution < 1.29 is 0 Å². The van der Waals surface area contributed by atoms with Crippen molar-refractivity contribution in [1.29, 1.82) is 0 Å². The second-order valence-corrected chi connectivity index (χ2v) is 7.25. The molecule has 1 aliphatic rings. The number of aromatic amines is 1. The summed E-state index contributed by atoms with van der Waals surface area (Å²) in [6.07, 6.45) is 1.07. The van der Waals surface area contributed by atoms with Crippen LogP contribution in [-0.2, 0) is 6.42 Å². The van der Waals surface area contributed by atoms with Crippen molar-refractivity contribution in [3.8, 4) is 0 Å². The van der Waals surface area contributed by atoms with Crippen molar-refractivity contribution in [2.24, 2.45) is 0 Å². The molecule has 0 saturated carbocycles. The normalized spacial score (nSPS) is 18.6. The maximum atomic E-state index is 6.20. The molecule has 0 radical (unpaired) electrons. The largest absolute Gasteiger partial charge is 0.357 e. The van der Waals surface area contributed by atoms with Gasteiger partial charge in [-0.05, 0) is 54.9 Å². The maximum absolute atomic E-state index is 6.20. The van der Waals surface area contributed by atoms with Gasteiger partial charge in [0.2, 0.25) is 0 Å². The molecule has 4 rings (SSSR count). The Labute approximate surface area is 143 Å². The lowest BCUT2D eigenvalue weighted by molar-refractivity contribution is 0.261. The monoisotopic (exact) mass is 374 g/mol. The van der Waals surface area contributed by atoms with E-state index in [-0.39, 0.29) is 6.04 Å². The Morgan fingerprint density at radius 2 is 2.09 bits per heavy atom. The van der Waals surface area contributed by atoms with E-state index in [1.807, 2.05) is 12.1 Å². The summed E-state index contributed by atoms with van der Waals surface area (Å²) in [4.78, 5) is 6.02. The molecule has 4 heteroatoms. The van der Waals surface area contributed by atoms with Gasteiger partial charge in [-0.2, -0.15) is 0 Å². The topological polar surface area (TPSA) is 19.0 Å². The van der Waals surface area contributed by atoms with E-state index in [1.54, 1.807) is 0 Å². The third kappa shape index (κ3) is 2.28.